The van der Waals surface area contributed by atoms with Crippen molar-refractivity contribution in [1.82, 2.24) is 10.3 Å². The highest BCUT2D eigenvalue weighted by atomic mass is 32.2. The highest BCUT2D eigenvalue weighted by Gasteiger charge is 2.37. The van der Waals surface area contributed by atoms with Crippen molar-refractivity contribution in [1.29, 1.82) is 0 Å². The van der Waals surface area contributed by atoms with Crippen molar-refractivity contribution in [2.45, 2.75) is 25.3 Å². The third-order valence-corrected chi connectivity index (χ3v) is 6.56. The number of nitrogens with one attached hydrogen (secondary N) is 1. The van der Waals surface area contributed by atoms with Crippen LogP contribution in [0.3, 0.4) is 0 Å². The Labute approximate surface area is 159 Å². The van der Waals surface area contributed by atoms with Crippen LogP contribution in [0.5, 0.6) is 0 Å². The fraction of sp³-hybridized carbons (Fsp3) is 0.500. The van der Waals surface area contributed by atoms with E-state index in [1.807, 2.05) is 42.3 Å². The quantitative estimate of drug-likeness (QED) is 0.756. The number of amides is 2. The van der Waals surface area contributed by atoms with E-state index in [9.17, 15) is 18.0 Å². The van der Waals surface area contributed by atoms with E-state index >= 15 is 0 Å². The lowest BCUT2D eigenvalue weighted by atomic mass is 10.1. The number of carbonyl (C=O) groups is 2. The number of nitrogens with zero attached hydrogens (tertiary/aromatic N) is 3. The van der Waals surface area contributed by atoms with Gasteiger partial charge in [0.1, 0.15) is 5.71 Å². The van der Waals surface area contributed by atoms with Crippen LogP contribution < -0.4 is 10.2 Å². The van der Waals surface area contributed by atoms with Crippen molar-refractivity contribution >= 4 is 33.1 Å². The van der Waals surface area contributed by atoms with Crippen molar-refractivity contribution in [2.24, 2.45) is 5.10 Å². The molecule has 2 heterocycles. The van der Waals surface area contributed by atoms with Gasteiger partial charge in [-0.3, -0.25) is 9.59 Å². The Bertz CT molecular complexity index is 838. The first-order chi connectivity index (χ1) is 12.9. The van der Waals surface area contributed by atoms with E-state index in [1.165, 1.54) is 5.01 Å². The lowest BCUT2D eigenvalue weighted by Crippen LogP contribution is -2.44. The summed E-state index contributed by atoms with van der Waals surface area (Å²) in [5, 5.41) is 8.21. The molecule has 1 fully saturated rings. The third kappa shape index (κ3) is 4.85. The number of likely N-dealkylation sites (N-methyl/N-ethyl adjacent to an activating group) is 1. The molecule has 1 aromatic rings. The first-order valence-corrected chi connectivity index (χ1v) is 10.8. The van der Waals surface area contributed by atoms with Crippen LogP contribution in [0.1, 0.15) is 19.3 Å². The maximum absolute atomic E-state index is 12.4. The first-order valence-electron chi connectivity index (χ1n) is 9.00. The predicted octanol–water partition coefficient (Wildman–Crippen LogP) is 0.405. The number of anilines is 1. The van der Waals surface area contributed by atoms with Gasteiger partial charge < -0.3 is 10.2 Å². The van der Waals surface area contributed by atoms with Gasteiger partial charge in [0.2, 0.25) is 5.91 Å². The van der Waals surface area contributed by atoms with E-state index in [0.29, 0.717) is 19.5 Å². The zero-order valence-electron chi connectivity index (χ0n) is 15.3. The van der Waals surface area contributed by atoms with Crippen molar-refractivity contribution in [3.63, 3.8) is 0 Å². The summed E-state index contributed by atoms with van der Waals surface area (Å²) in [7, 11) is -1.18. The molecule has 27 heavy (non-hydrogen) atoms. The molecule has 0 saturated carbocycles. The van der Waals surface area contributed by atoms with E-state index in [4.69, 9.17) is 0 Å². The normalized spacial score (nSPS) is 21.7. The van der Waals surface area contributed by atoms with Crippen LogP contribution in [0, 0.1) is 0 Å². The van der Waals surface area contributed by atoms with Gasteiger partial charge in [0.05, 0.1) is 17.5 Å². The van der Waals surface area contributed by atoms with Gasteiger partial charge in [-0.15, -0.1) is 0 Å². The van der Waals surface area contributed by atoms with Crippen molar-refractivity contribution in [2.75, 3.05) is 36.5 Å². The van der Waals surface area contributed by atoms with Crippen LogP contribution in [-0.4, -0.2) is 68.6 Å². The minimum atomic E-state index is -3.13. The third-order valence-electron chi connectivity index (χ3n) is 4.81. The summed E-state index contributed by atoms with van der Waals surface area (Å²) in [6.45, 7) is 1.07. The average Bonchev–Trinajstić information content (AvgIpc) is 3.02. The SMILES string of the molecule is CN(CCNC(=O)C1=NN([C@H]2CCS(=O)(=O)C2)C(=O)CC1)c1ccccc1. The number of para-hydroxylation sites is 1. The number of carbonyl (C=O) groups excluding carboxylic acids is 2. The Morgan fingerprint density at radius 3 is 2.70 bits per heavy atom. The summed E-state index contributed by atoms with van der Waals surface area (Å²) >= 11 is 0. The standard InChI is InChI=1S/C18H24N4O4S/c1-21(14-5-3-2-4-6-14)11-10-19-18(24)16-7-8-17(23)22(20-16)15-9-12-27(25,26)13-15/h2-6,15H,7-13H2,1H3,(H,19,24)/t15-/m0/s1. The highest BCUT2D eigenvalue weighted by Crippen LogP contribution is 2.22. The van der Waals surface area contributed by atoms with Gasteiger partial charge in [-0.2, -0.15) is 5.10 Å². The van der Waals surface area contributed by atoms with Crippen molar-refractivity contribution in [3.05, 3.63) is 30.3 Å². The summed E-state index contributed by atoms with van der Waals surface area (Å²) in [5.41, 5.74) is 1.34. The molecule has 8 nitrogen and oxygen atoms in total. The fourth-order valence-electron chi connectivity index (χ4n) is 3.24. The molecule has 1 aromatic carbocycles. The molecule has 1 N–H and O–H groups in total. The molecule has 146 valence electrons. The molecule has 2 aliphatic rings. The Balaban J connectivity index is 1.56. The van der Waals surface area contributed by atoms with Crippen LogP contribution in [0.2, 0.25) is 0 Å². The molecule has 2 aliphatic heterocycles. The average molecular weight is 392 g/mol. The second kappa shape index (κ2) is 8.08. The lowest BCUT2D eigenvalue weighted by molar-refractivity contribution is -0.133. The molecule has 0 aromatic heterocycles. The van der Waals surface area contributed by atoms with Crippen LogP contribution >= 0.6 is 0 Å². The zero-order valence-corrected chi connectivity index (χ0v) is 16.1. The minimum absolute atomic E-state index is 0.0598. The molecule has 1 atom stereocenters. The number of benzene rings is 1. The molecule has 0 bridgehead atoms. The van der Waals surface area contributed by atoms with Gasteiger partial charge in [0, 0.05) is 38.7 Å². The molecule has 3 rings (SSSR count). The Kier molecular flexibility index (Phi) is 5.79. The Hall–Kier alpha value is -2.42. The number of hydrogen-bond donors (Lipinski definition) is 1. The molecule has 9 heteroatoms. The second-order valence-electron chi connectivity index (χ2n) is 6.85. The van der Waals surface area contributed by atoms with Crippen LogP contribution in [-0.2, 0) is 19.4 Å². The van der Waals surface area contributed by atoms with E-state index in [1.54, 1.807) is 0 Å². The predicted molar refractivity (Wildman–Crippen MR) is 103 cm³/mol. The number of sulfone groups is 1. The number of rotatable bonds is 6. The summed E-state index contributed by atoms with van der Waals surface area (Å²) in [4.78, 5) is 26.5. The molecule has 0 radical (unpaired) electrons. The topological polar surface area (TPSA) is 99.2 Å². The zero-order chi connectivity index (χ0) is 19.4. The van der Waals surface area contributed by atoms with Gasteiger partial charge in [-0.05, 0) is 18.6 Å². The summed E-state index contributed by atoms with van der Waals surface area (Å²) < 4.78 is 23.3. The van der Waals surface area contributed by atoms with Crippen molar-refractivity contribution < 1.29 is 18.0 Å². The Morgan fingerprint density at radius 1 is 1.30 bits per heavy atom. The molecular formula is C18H24N4O4S. The monoisotopic (exact) mass is 392 g/mol. The maximum atomic E-state index is 12.4. The highest BCUT2D eigenvalue weighted by molar-refractivity contribution is 7.91. The molecule has 1 saturated heterocycles. The number of hydrazone groups is 1. The van der Waals surface area contributed by atoms with Gasteiger partial charge in [0.15, 0.2) is 9.84 Å². The van der Waals surface area contributed by atoms with E-state index in [-0.39, 0.29) is 41.9 Å². The van der Waals surface area contributed by atoms with Crippen LogP contribution in [0.15, 0.2) is 35.4 Å². The van der Waals surface area contributed by atoms with Gasteiger partial charge in [0.25, 0.3) is 5.91 Å². The maximum Gasteiger partial charge on any atom is 0.267 e. The van der Waals surface area contributed by atoms with Crippen LogP contribution in [0.25, 0.3) is 0 Å². The Morgan fingerprint density at radius 2 is 2.04 bits per heavy atom. The van der Waals surface area contributed by atoms with E-state index < -0.39 is 15.9 Å². The number of hydrogen-bond acceptors (Lipinski definition) is 6. The van der Waals surface area contributed by atoms with Gasteiger partial charge >= 0.3 is 0 Å². The summed E-state index contributed by atoms with van der Waals surface area (Å²) in [6, 6.07) is 9.38. The summed E-state index contributed by atoms with van der Waals surface area (Å²) in [5.74, 6) is -0.559. The van der Waals surface area contributed by atoms with E-state index in [0.717, 1.165) is 5.69 Å². The molecule has 0 unspecified atom stereocenters. The molecule has 0 spiro atoms. The molecular weight excluding hydrogens is 368 g/mol. The van der Waals surface area contributed by atoms with Crippen LogP contribution in [0.4, 0.5) is 5.69 Å². The molecule has 2 amide bonds. The van der Waals surface area contributed by atoms with Gasteiger partial charge in [-0.25, -0.2) is 13.4 Å². The van der Waals surface area contributed by atoms with Crippen molar-refractivity contribution in [3.8, 4) is 0 Å². The minimum Gasteiger partial charge on any atom is -0.373 e. The smallest absolute Gasteiger partial charge is 0.267 e. The van der Waals surface area contributed by atoms with Gasteiger partial charge in [-0.1, -0.05) is 18.2 Å². The molecule has 0 aliphatic carbocycles. The summed E-state index contributed by atoms with van der Waals surface area (Å²) in [6.07, 6.45) is 0.816. The second-order valence-corrected chi connectivity index (χ2v) is 9.08. The fourth-order valence-corrected chi connectivity index (χ4v) is 4.93. The largest absolute Gasteiger partial charge is 0.373 e. The first kappa shape index (κ1) is 19.3. The lowest BCUT2D eigenvalue weighted by Gasteiger charge is -2.27. The van der Waals surface area contributed by atoms with E-state index in [2.05, 4.69) is 10.4 Å².